The largest absolute Gasteiger partial charge is 0.463 e. The van der Waals surface area contributed by atoms with Crippen LogP contribution in [0.25, 0.3) is 0 Å². The van der Waals surface area contributed by atoms with Crippen LogP contribution >= 0.6 is 11.6 Å². The quantitative estimate of drug-likeness (QED) is 0.731. The van der Waals surface area contributed by atoms with Gasteiger partial charge in [-0.25, -0.2) is 0 Å². The van der Waals surface area contributed by atoms with Gasteiger partial charge in [-0.15, -0.1) is 0 Å². The number of ether oxygens (including phenoxy) is 2. The molecule has 0 bridgehead atoms. The molecule has 0 N–H and O–H groups in total. The maximum atomic E-state index is 5.91. The van der Waals surface area contributed by atoms with E-state index in [1.807, 2.05) is 11.8 Å². The van der Waals surface area contributed by atoms with Crippen molar-refractivity contribution < 1.29 is 9.47 Å². The molecular formula is C12H21ClN4O2. The second-order valence-corrected chi connectivity index (χ2v) is 4.65. The van der Waals surface area contributed by atoms with E-state index in [-0.39, 0.29) is 17.3 Å². The number of hydrogen-bond donors (Lipinski definition) is 0. The van der Waals surface area contributed by atoms with E-state index in [0.717, 1.165) is 6.42 Å². The normalized spacial score (nSPS) is 10.8. The van der Waals surface area contributed by atoms with E-state index in [4.69, 9.17) is 21.1 Å². The Hall–Kier alpha value is -1.14. The Morgan fingerprint density at radius 2 is 1.95 bits per heavy atom. The van der Waals surface area contributed by atoms with Crippen molar-refractivity contribution in [3.8, 4) is 6.01 Å². The second kappa shape index (κ2) is 8.12. The fourth-order valence-corrected chi connectivity index (χ4v) is 1.63. The summed E-state index contributed by atoms with van der Waals surface area (Å²) in [4.78, 5) is 14.4. The molecule has 0 saturated carbocycles. The highest BCUT2D eigenvalue weighted by atomic mass is 35.5. The van der Waals surface area contributed by atoms with E-state index < -0.39 is 0 Å². The summed E-state index contributed by atoms with van der Waals surface area (Å²) in [5, 5.41) is 0.138. The lowest BCUT2D eigenvalue weighted by atomic mass is 10.3. The predicted octanol–water partition coefficient (Wildman–Crippen LogP) is 2.17. The van der Waals surface area contributed by atoms with E-state index >= 15 is 0 Å². The van der Waals surface area contributed by atoms with Crippen LogP contribution in [0.3, 0.4) is 0 Å². The van der Waals surface area contributed by atoms with Gasteiger partial charge < -0.3 is 14.4 Å². The Morgan fingerprint density at radius 1 is 1.21 bits per heavy atom. The Morgan fingerprint density at radius 3 is 2.53 bits per heavy atom. The molecule has 1 aromatic rings. The highest BCUT2D eigenvalue weighted by Gasteiger charge is 2.16. The van der Waals surface area contributed by atoms with Crippen molar-refractivity contribution in [1.29, 1.82) is 0 Å². The molecule has 0 aliphatic carbocycles. The lowest BCUT2D eigenvalue weighted by Crippen LogP contribution is -2.35. The van der Waals surface area contributed by atoms with Crippen LogP contribution in [-0.4, -0.2) is 47.9 Å². The van der Waals surface area contributed by atoms with Gasteiger partial charge in [0, 0.05) is 19.7 Å². The zero-order valence-corrected chi connectivity index (χ0v) is 12.6. The summed E-state index contributed by atoms with van der Waals surface area (Å²) in [6.07, 6.45) is 0.885. The standard InChI is InChI=1S/C12H21ClN4O2/c1-5-7-19-12-15-10(13)14-11(16-12)17(9(2)3)6-8-18-4/h9H,5-8H2,1-4H3. The van der Waals surface area contributed by atoms with E-state index in [1.54, 1.807) is 7.11 Å². The third-order valence-corrected chi connectivity index (χ3v) is 2.60. The monoisotopic (exact) mass is 288 g/mol. The molecule has 0 aromatic carbocycles. The van der Waals surface area contributed by atoms with Crippen LogP contribution in [-0.2, 0) is 4.74 Å². The van der Waals surface area contributed by atoms with Crippen molar-refractivity contribution in [2.75, 3.05) is 31.8 Å². The molecule has 0 amide bonds. The molecule has 108 valence electrons. The zero-order chi connectivity index (χ0) is 14.3. The van der Waals surface area contributed by atoms with Crippen LogP contribution in [0.4, 0.5) is 5.95 Å². The van der Waals surface area contributed by atoms with Crippen molar-refractivity contribution >= 4 is 17.5 Å². The lowest BCUT2D eigenvalue weighted by molar-refractivity contribution is 0.203. The molecular weight excluding hydrogens is 268 g/mol. The first-order valence-corrected chi connectivity index (χ1v) is 6.76. The molecule has 6 nitrogen and oxygen atoms in total. The van der Waals surface area contributed by atoms with Crippen molar-refractivity contribution in [2.24, 2.45) is 0 Å². The molecule has 0 aliphatic rings. The van der Waals surface area contributed by atoms with Crippen LogP contribution in [0.1, 0.15) is 27.2 Å². The van der Waals surface area contributed by atoms with Gasteiger partial charge in [0.2, 0.25) is 11.2 Å². The summed E-state index contributed by atoms with van der Waals surface area (Å²) in [6, 6.07) is 0.493. The summed E-state index contributed by atoms with van der Waals surface area (Å²) in [7, 11) is 1.66. The number of anilines is 1. The first-order valence-electron chi connectivity index (χ1n) is 6.38. The smallest absolute Gasteiger partial charge is 0.322 e. The molecule has 0 atom stereocenters. The minimum Gasteiger partial charge on any atom is -0.463 e. The predicted molar refractivity (Wildman–Crippen MR) is 75.0 cm³/mol. The van der Waals surface area contributed by atoms with Gasteiger partial charge in [0.1, 0.15) is 0 Å². The number of hydrogen-bond acceptors (Lipinski definition) is 6. The fourth-order valence-electron chi connectivity index (χ4n) is 1.49. The van der Waals surface area contributed by atoms with Gasteiger partial charge in [0.15, 0.2) is 0 Å². The summed E-state index contributed by atoms with van der Waals surface area (Å²) < 4.78 is 10.5. The molecule has 1 heterocycles. The molecule has 0 saturated heterocycles. The molecule has 0 radical (unpaired) electrons. The molecule has 0 fully saturated rings. The van der Waals surface area contributed by atoms with Crippen molar-refractivity contribution in [1.82, 2.24) is 15.0 Å². The maximum Gasteiger partial charge on any atom is 0.322 e. The Balaban J connectivity index is 2.91. The summed E-state index contributed by atoms with van der Waals surface area (Å²) >= 11 is 5.91. The van der Waals surface area contributed by atoms with E-state index in [9.17, 15) is 0 Å². The maximum absolute atomic E-state index is 5.91. The van der Waals surface area contributed by atoms with Gasteiger partial charge in [0.05, 0.1) is 13.2 Å². The summed E-state index contributed by atoms with van der Waals surface area (Å²) in [5.74, 6) is 0.512. The molecule has 1 aromatic heterocycles. The Bertz CT molecular complexity index is 390. The SMILES string of the molecule is CCCOc1nc(Cl)nc(N(CCOC)C(C)C)n1. The molecule has 1 rings (SSSR count). The zero-order valence-electron chi connectivity index (χ0n) is 11.9. The number of methoxy groups -OCH3 is 1. The van der Waals surface area contributed by atoms with Gasteiger partial charge >= 0.3 is 6.01 Å². The molecule has 0 aliphatic heterocycles. The Kier molecular flexibility index (Phi) is 6.80. The second-order valence-electron chi connectivity index (χ2n) is 4.32. The fraction of sp³-hybridized carbons (Fsp3) is 0.750. The first-order chi connectivity index (χ1) is 9.08. The minimum absolute atomic E-state index is 0.138. The number of halogens is 1. The number of nitrogens with zero attached hydrogens (tertiary/aromatic N) is 4. The van der Waals surface area contributed by atoms with Crippen molar-refractivity contribution in [3.63, 3.8) is 0 Å². The van der Waals surface area contributed by atoms with Gasteiger partial charge in [-0.2, -0.15) is 15.0 Å². The number of rotatable bonds is 8. The van der Waals surface area contributed by atoms with Crippen molar-refractivity contribution in [3.05, 3.63) is 5.28 Å². The average molecular weight is 289 g/mol. The lowest BCUT2D eigenvalue weighted by Gasteiger charge is -2.26. The molecule has 7 heteroatoms. The molecule has 0 spiro atoms. The van der Waals surface area contributed by atoms with Crippen LogP contribution < -0.4 is 9.64 Å². The van der Waals surface area contributed by atoms with Gasteiger partial charge in [-0.3, -0.25) is 0 Å². The van der Waals surface area contributed by atoms with Crippen LogP contribution in [0, 0.1) is 0 Å². The van der Waals surface area contributed by atoms with Crippen LogP contribution in [0.2, 0.25) is 5.28 Å². The van der Waals surface area contributed by atoms with E-state index in [0.29, 0.717) is 25.7 Å². The topological polar surface area (TPSA) is 60.4 Å². The first kappa shape index (κ1) is 15.9. The van der Waals surface area contributed by atoms with E-state index in [1.165, 1.54) is 0 Å². The third kappa shape index (κ3) is 5.16. The van der Waals surface area contributed by atoms with Crippen molar-refractivity contribution in [2.45, 2.75) is 33.2 Å². The number of aromatic nitrogens is 3. The van der Waals surface area contributed by atoms with Gasteiger partial charge in [-0.1, -0.05) is 6.92 Å². The van der Waals surface area contributed by atoms with E-state index in [2.05, 4.69) is 28.8 Å². The van der Waals surface area contributed by atoms with Gasteiger partial charge in [0.25, 0.3) is 0 Å². The van der Waals surface area contributed by atoms with Crippen LogP contribution in [0.15, 0.2) is 0 Å². The third-order valence-electron chi connectivity index (χ3n) is 2.43. The highest BCUT2D eigenvalue weighted by molar-refractivity contribution is 6.28. The van der Waals surface area contributed by atoms with Crippen LogP contribution in [0.5, 0.6) is 6.01 Å². The molecule has 19 heavy (non-hydrogen) atoms. The summed E-state index contributed by atoms with van der Waals surface area (Å²) in [6.45, 7) is 7.95. The molecule has 0 unspecified atom stereocenters. The minimum atomic E-state index is 0.138. The Labute approximate surface area is 119 Å². The highest BCUT2D eigenvalue weighted by Crippen LogP contribution is 2.17. The summed E-state index contributed by atoms with van der Waals surface area (Å²) in [5.41, 5.74) is 0. The average Bonchev–Trinajstić information content (AvgIpc) is 2.36. The van der Waals surface area contributed by atoms with Gasteiger partial charge in [-0.05, 0) is 31.9 Å².